The van der Waals surface area contributed by atoms with Gasteiger partial charge >= 0.3 is 0 Å². The number of carbonyl (C=O) groups is 1. The Morgan fingerprint density at radius 2 is 2.03 bits per heavy atom. The predicted molar refractivity (Wildman–Crippen MR) is 137 cm³/mol. The Balaban J connectivity index is 1.49. The van der Waals surface area contributed by atoms with Crippen molar-refractivity contribution in [3.05, 3.63) is 30.4 Å². The van der Waals surface area contributed by atoms with Crippen molar-refractivity contribution in [1.82, 2.24) is 49.3 Å². The second-order valence-electron chi connectivity index (χ2n) is 9.36. The minimum absolute atomic E-state index is 0.166. The summed E-state index contributed by atoms with van der Waals surface area (Å²) in [5.74, 6) is 1.11. The standard InChI is InChI=1S/C23H32N12O4/c1-5-13(6-2)27-19-15-21(29-23(28-19)24-8-7-14-9-33(3)10-25-14)35(11-26-15)22-18(38-12-36)16(37)17(39-22)20-30-32-34(4)31-20/h9-13,16-18,22,37H,5-8H2,1-4H3,(H2,24,27,28,29)/t16-,17+,18-,22-/m1/s1. The number of aromatic nitrogens is 10. The van der Waals surface area contributed by atoms with Crippen molar-refractivity contribution < 1.29 is 19.4 Å². The lowest BCUT2D eigenvalue weighted by atomic mass is 10.1. The van der Waals surface area contributed by atoms with E-state index in [1.54, 1.807) is 17.9 Å². The number of aliphatic hydroxyl groups is 1. The van der Waals surface area contributed by atoms with E-state index in [1.807, 2.05) is 17.8 Å². The zero-order valence-electron chi connectivity index (χ0n) is 22.2. The van der Waals surface area contributed by atoms with Gasteiger partial charge in [0.15, 0.2) is 35.4 Å². The Kier molecular flexibility index (Phi) is 7.65. The third kappa shape index (κ3) is 5.37. The van der Waals surface area contributed by atoms with Crippen LogP contribution >= 0.6 is 0 Å². The van der Waals surface area contributed by atoms with Gasteiger partial charge in [0.25, 0.3) is 6.47 Å². The predicted octanol–water partition coefficient (Wildman–Crippen LogP) is 0.511. The van der Waals surface area contributed by atoms with E-state index in [0.29, 0.717) is 35.9 Å². The molecule has 4 aromatic rings. The second kappa shape index (κ2) is 11.3. The number of nitrogens with zero attached hydrogens (tertiary/aromatic N) is 10. The van der Waals surface area contributed by atoms with E-state index in [0.717, 1.165) is 18.5 Å². The van der Waals surface area contributed by atoms with Crippen molar-refractivity contribution in [1.29, 1.82) is 0 Å². The maximum Gasteiger partial charge on any atom is 0.293 e. The van der Waals surface area contributed by atoms with Crippen LogP contribution in [0.15, 0.2) is 18.9 Å². The minimum Gasteiger partial charge on any atom is -0.457 e. The molecule has 4 aromatic heterocycles. The number of imidazole rings is 2. The lowest BCUT2D eigenvalue weighted by Gasteiger charge is -2.20. The first-order valence-corrected chi connectivity index (χ1v) is 12.8. The molecule has 3 N–H and O–H groups in total. The maximum absolute atomic E-state index is 11.4. The molecular formula is C23H32N12O4. The summed E-state index contributed by atoms with van der Waals surface area (Å²) >= 11 is 0. The first-order valence-electron chi connectivity index (χ1n) is 12.8. The van der Waals surface area contributed by atoms with Crippen LogP contribution in [-0.4, -0.2) is 85.7 Å². The number of carbonyl (C=O) groups excluding carboxylic acids is 1. The molecule has 1 saturated heterocycles. The fourth-order valence-electron chi connectivity index (χ4n) is 4.58. The summed E-state index contributed by atoms with van der Waals surface area (Å²) < 4.78 is 14.9. The summed E-state index contributed by atoms with van der Waals surface area (Å²) in [4.78, 5) is 30.9. The van der Waals surface area contributed by atoms with Gasteiger partial charge in [-0.05, 0) is 18.1 Å². The molecule has 0 saturated carbocycles. The summed E-state index contributed by atoms with van der Waals surface area (Å²) in [6.45, 7) is 5.02. The number of ether oxygens (including phenoxy) is 2. The van der Waals surface area contributed by atoms with E-state index in [-0.39, 0.29) is 18.3 Å². The minimum atomic E-state index is -1.25. The summed E-state index contributed by atoms with van der Waals surface area (Å²) in [6.07, 6.45) is 3.45. The summed E-state index contributed by atoms with van der Waals surface area (Å²) in [7, 11) is 3.53. The van der Waals surface area contributed by atoms with Crippen LogP contribution in [0.1, 0.15) is 50.5 Å². The van der Waals surface area contributed by atoms with Crippen molar-refractivity contribution >= 4 is 29.4 Å². The molecule has 0 bridgehead atoms. The zero-order valence-corrected chi connectivity index (χ0v) is 22.2. The average molecular weight is 541 g/mol. The number of nitrogens with one attached hydrogen (secondary N) is 2. The maximum atomic E-state index is 11.4. The van der Waals surface area contributed by atoms with Gasteiger partial charge in [0.05, 0.1) is 25.4 Å². The smallest absolute Gasteiger partial charge is 0.293 e. The molecule has 0 spiro atoms. The van der Waals surface area contributed by atoms with Crippen molar-refractivity contribution in [2.24, 2.45) is 14.1 Å². The van der Waals surface area contributed by atoms with Gasteiger partial charge in [0.2, 0.25) is 11.8 Å². The Morgan fingerprint density at radius 1 is 1.21 bits per heavy atom. The number of anilines is 2. The lowest BCUT2D eigenvalue weighted by molar-refractivity contribution is -0.142. The largest absolute Gasteiger partial charge is 0.457 e. The Bertz CT molecular complexity index is 1410. The highest BCUT2D eigenvalue weighted by Gasteiger charge is 2.49. The zero-order chi connectivity index (χ0) is 27.5. The van der Waals surface area contributed by atoms with Crippen molar-refractivity contribution in [2.75, 3.05) is 17.2 Å². The molecule has 16 heteroatoms. The number of tetrazole rings is 1. The van der Waals surface area contributed by atoms with Gasteiger partial charge in [0.1, 0.15) is 6.10 Å². The van der Waals surface area contributed by atoms with Crippen LogP contribution in [0.2, 0.25) is 0 Å². The van der Waals surface area contributed by atoms with Gasteiger partial charge in [-0.15, -0.1) is 10.2 Å². The highest BCUT2D eigenvalue weighted by atomic mass is 16.6. The van der Waals surface area contributed by atoms with Crippen molar-refractivity contribution in [2.45, 2.75) is 63.7 Å². The molecule has 1 fully saturated rings. The number of hydrogen-bond acceptors (Lipinski definition) is 13. The van der Waals surface area contributed by atoms with E-state index in [1.165, 1.54) is 11.1 Å². The third-order valence-corrected chi connectivity index (χ3v) is 6.65. The molecule has 208 valence electrons. The fourth-order valence-corrected chi connectivity index (χ4v) is 4.58. The molecule has 0 amide bonds. The molecule has 0 radical (unpaired) electrons. The van der Waals surface area contributed by atoms with Crippen LogP contribution in [0.25, 0.3) is 11.2 Å². The normalized spacial score (nSPS) is 21.1. The monoisotopic (exact) mass is 540 g/mol. The number of aryl methyl sites for hydroxylation is 2. The number of fused-ring (bicyclic) bond motifs is 1. The van der Waals surface area contributed by atoms with Gasteiger partial charge in [0, 0.05) is 32.3 Å². The van der Waals surface area contributed by atoms with Crippen LogP contribution in [0.5, 0.6) is 0 Å². The molecule has 16 nitrogen and oxygen atoms in total. The van der Waals surface area contributed by atoms with Crippen molar-refractivity contribution in [3.8, 4) is 0 Å². The Labute approximate surface area is 223 Å². The quantitative estimate of drug-likeness (QED) is 0.211. The SMILES string of the molecule is CCC(CC)Nc1nc(NCCc2cn(C)cn2)nc2c1ncn2[C@@H]1O[C@H](c2nnn(C)n2)[C@@H](O)[C@H]1OC=O. The molecule has 1 aliphatic rings. The molecule has 5 rings (SSSR count). The highest BCUT2D eigenvalue weighted by molar-refractivity contribution is 5.84. The molecule has 39 heavy (non-hydrogen) atoms. The van der Waals surface area contributed by atoms with Crippen LogP contribution in [-0.2, 0) is 34.8 Å². The Hall–Kier alpha value is -4.18. The summed E-state index contributed by atoms with van der Waals surface area (Å²) in [6, 6.07) is 0.178. The molecule has 1 aliphatic heterocycles. The highest BCUT2D eigenvalue weighted by Crippen LogP contribution is 2.40. The van der Waals surface area contributed by atoms with Crippen LogP contribution in [0, 0.1) is 0 Å². The Morgan fingerprint density at radius 3 is 2.69 bits per heavy atom. The van der Waals surface area contributed by atoms with E-state index in [2.05, 4.69) is 49.9 Å². The van der Waals surface area contributed by atoms with Crippen LogP contribution in [0.4, 0.5) is 11.8 Å². The van der Waals surface area contributed by atoms with E-state index in [9.17, 15) is 9.90 Å². The topological polar surface area (TPSA) is 185 Å². The van der Waals surface area contributed by atoms with Gasteiger partial charge in [-0.1, -0.05) is 13.8 Å². The first-order chi connectivity index (χ1) is 18.9. The molecule has 0 aromatic carbocycles. The van der Waals surface area contributed by atoms with E-state index >= 15 is 0 Å². The van der Waals surface area contributed by atoms with Gasteiger partial charge in [-0.3, -0.25) is 9.36 Å². The van der Waals surface area contributed by atoms with Gasteiger partial charge in [-0.2, -0.15) is 14.8 Å². The van der Waals surface area contributed by atoms with Gasteiger partial charge in [-0.25, -0.2) is 9.97 Å². The molecule has 5 heterocycles. The summed E-state index contributed by atoms with van der Waals surface area (Å²) in [5, 5.41) is 29.6. The molecule has 0 unspecified atom stereocenters. The number of hydrogen-bond donors (Lipinski definition) is 3. The first kappa shape index (κ1) is 26.4. The third-order valence-electron chi connectivity index (χ3n) is 6.65. The average Bonchev–Trinajstić information content (AvgIpc) is 3.71. The van der Waals surface area contributed by atoms with Gasteiger partial charge < -0.3 is 29.8 Å². The van der Waals surface area contributed by atoms with Crippen LogP contribution in [0.3, 0.4) is 0 Å². The fraction of sp³-hybridized carbons (Fsp3) is 0.565. The number of rotatable bonds is 12. The molecule has 4 atom stereocenters. The lowest BCUT2D eigenvalue weighted by Crippen LogP contribution is -2.32. The van der Waals surface area contributed by atoms with Crippen molar-refractivity contribution in [3.63, 3.8) is 0 Å². The van der Waals surface area contributed by atoms with E-state index < -0.39 is 24.5 Å². The molecular weight excluding hydrogens is 508 g/mol. The number of aliphatic hydroxyl groups excluding tert-OH is 1. The van der Waals surface area contributed by atoms with E-state index in [4.69, 9.17) is 19.4 Å². The second-order valence-corrected chi connectivity index (χ2v) is 9.36. The molecule has 0 aliphatic carbocycles. The summed E-state index contributed by atoms with van der Waals surface area (Å²) in [5.41, 5.74) is 1.89. The van der Waals surface area contributed by atoms with Crippen LogP contribution < -0.4 is 10.6 Å².